The zero-order valence-corrected chi connectivity index (χ0v) is 14.6. The highest BCUT2D eigenvalue weighted by atomic mass is 16.7. The molecule has 0 saturated carbocycles. The molecule has 0 heterocycles. The van der Waals surface area contributed by atoms with E-state index in [2.05, 4.69) is 9.99 Å². The second-order valence-corrected chi connectivity index (χ2v) is 5.83. The van der Waals surface area contributed by atoms with Gasteiger partial charge in [-0.2, -0.15) is 0 Å². The molecule has 30 heavy (non-hydrogen) atoms. The number of hydrogen-bond acceptors (Lipinski definition) is 11. The lowest BCUT2D eigenvalue weighted by Crippen LogP contribution is -2.04. The minimum Gasteiger partial charge on any atom is -0.318 e. The van der Waals surface area contributed by atoms with E-state index in [1.54, 1.807) is 0 Å². The summed E-state index contributed by atoms with van der Waals surface area (Å²) < 4.78 is 0. The third-order valence-electron chi connectivity index (χ3n) is 4.05. The van der Waals surface area contributed by atoms with Crippen molar-refractivity contribution in [3.05, 3.63) is 75.8 Å². The second-order valence-electron chi connectivity index (χ2n) is 5.83. The molecule has 0 atom stereocenters. The van der Waals surface area contributed by atoms with E-state index in [9.17, 15) is 45.3 Å². The number of non-ortho nitro benzene ring substituents is 2. The van der Waals surface area contributed by atoms with Crippen LogP contribution in [0.15, 0.2) is 29.4 Å². The van der Waals surface area contributed by atoms with Gasteiger partial charge in [0.1, 0.15) is 5.71 Å². The molecule has 0 aromatic heterocycles. The van der Waals surface area contributed by atoms with Gasteiger partial charge >= 0.3 is 5.97 Å². The predicted molar refractivity (Wildman–Crippen MR) is 95.9 cm³/mol. The van der Waals surface area contributed by atoms with E-state index >= 15 is 0 Å². The van der Waals surface area contributed by atoms with E-state index in [1.807, 2.05) is 0 Å². The Labute approximate surface area is 163 Å². The van der Waals surface area contributed by atoms with Gasteiger partial charge in [0.25, 0.3) is 22.7 Å². The highest BCUT2D eigenvalue weighted by molar-refractivity contribution is 6.27. The first-order valence-corrected chi connectivity index (χ1v) is 7.73. The summed E-state index contributed by atoms with van der Waals surface area (Å²) in [6, 6.07) is 2.89. The van der Waals surface area contributed by atoms with Crippen LogP contribution in [0.25, 0.3) is 11.1 Å². The molecule has 0 fully saturated rings. The zero-order chi connectivity index (χ0) is 22.3. The van der Waals surface area contributed by atoms with Gasteiger partial charge in [0.05, 0.1) is 43.0 Å². The van der Waals surface area contributed by atoms with Crippen molar-refractivity contribution < 1.29 is 29.3 Å². The van der Waals surface area contributed by atoms with Gasteiger partial charge < -0.3 is 4.84 Å². The fraction of sp³-hybridized carbons (Fsp3) is 0.0667. The third kappa shape index (κ3) is 3.15. The molecule has 1 aliphatic carbocycles. The smallest absolute Gasteiger partial charge is 0.318 e. The molecular weight excluding hydrogens is 410 g/mol. The normalized spacial score (nSPS) is 11.3. The molecule has 152 valence electrons. The molecule has 0 N–H and O–H groups in total. The van der Waals surface area contributed by atoms with Gasteiger partial charge in [-0.1, -0.05) is 5.16 Å². The van der Waals surface area contributed by atoms with Crippen LogP contribution in [0.5, 0.6) is 0 Å². The van der Waals surface area contributed by atoms with Crippen molar-refractivity contribution in [1.29, 1.82) is 0 Å². The summed E-state index contributed by atoms with van der Waals surface area (Å²) in [4.78, 5) is 57.3. The molecule has 0 spiro atoms. The Morgan fingerprint density at radius 2 is 1.17 bits per heavy atom. The van der Waals surface area contributed by atoms with Crippen LogP contribution >= 0.6 is 0 Å². The molecular formula is C15H7N5O10. The summed E-state index contributed by atoms with van der Waals surface area (Å²) in [7, 11) is 0. The number of nitro groups is 4. The Kier molecular flexibility index (Phi) is 4.63. The van der Waals surface area contributed by atoms with Crippen molar-refractivity contribution in [2.24, 2.45) is 5.16 Å². The summed E-state index contributed by atoms with van der Waals surface area (Å²) in [5, 5.41) is 49.0. The van der Waals surface area contributed by atoms with E-state index in [0.29, 0.717) is 12.1 Å². The number of oxime groups is 1. The predicted octanol–water partition coefficient (Wildman–Crippen LogP) is 2.62. The molecule has 0 unspecified atom stereocenters. The molecule has 0 bridgehead atoms. The lowest BCUT2D eigenvalue weighted by atomic mass is 10.0. The zero-order valence-electron chi connectivity index (χ0n) is 14.6. The van der Waals surface area contributed by atoms with Gasteiger partial charge in [0, 0.05) is 30.2 Å². The monoisotopic (exact) mass is 417 g/mol. The van der Waals surface area contributed by atoms with Gasteiger partial charge in [-0.3, -0.25) is 40.5 Å². The van der Waals surface area contributed by atoms with Crippen molar-refractivity contribution in [2.75, 3.05) is 0 Å². The number of benzene rings is 2. The Morgan fingerprint density at radius 1 is 0.767 bits per heavy atom. The van der Waals surface area contributed by atoms with Crippen LogP contribution in [0.4, 0.5) is 22.7 Å². The maximum Gasteiger partial charge on any atom is 0.332 e. The van der Waals surface area contributed by atoms with Gasteiger partial charge in [-0.25, -0.2) is 4.79 Å². The number of fused-ring (bicyclic) bond motifs is 3. The number of carbonyl (C=O) groups excluding carboxylic acids is 1. The molecule has 1 aliphatic rings. The van der Waals surface area contributed by atoms with Crippen LogP contribution < -0.4 is 0 Å². The number of rotatable bonds is 5. The van der Waals surface area contributed by atoms with Gasteiger partial charge in [-0.05, 0) is 0 Å². The summed E-state index contributed by atoms with van der Waals surface area (Å²) in [5.74, 6) is -0.933. The minimum atomic E-state index is -0.991. The summed E-state index contributed by atoms with van der Waals surface area (Å²) >= 11 is 0. The molecule has 15 nitrogen and oxygen atoms in total. The number of hydrogen-bond donors (Lipinski definition) is 0. The van der Waals surface area contributed by atoms with Crippen molar-refractivity contribution in [3.8, 4) is 11.1 Å². The van der Waals surface area contributed by atoms with E-state index < -0.39 is 65.3 Å². The first kappa shape index (κ1) is 19.9. The van der Waals surface area contributed by atoms with Crippen molar-refractivity contribution >= 4 is 34.4 Å². The topological polar surface area (TPSA) is 211 Å². The molecule has 2 aromatic carbocycles. The summed E-state index contributed by atoms with van der Waals surface area (Å²) in [6.07, 6.45) is 0. The fourth-order valence-electron chi connectivity index (χ4n) is 2.98. The first-order valence-electron chi connectivity index (χ1n) is 7.73. The van der Waals surface area contributed by atoms with Crippen molar-refractivity contribution in [3.63, 3.8) is 0 Å². The number of nitro benzene ring substituents is 4. The largest absolute Gasteiger partial charge is 0.332 e. The molecule has 15 heteroatoms. The Balaban J connectivity index is 2.53. The highest BCUT2D eigenvalue weighted by Gasteiger charge is 2.41. The second kappa shape index (κ2) is 6.97. The van der Waals surface area contributed by atoms with Crippen LogP contribution in [0, 0.1) is 40.5 Å². The average molecular weight is 417 g/mol. The lowest BCUT2D eigenvalue weighted by molar-refractivity contribution is -0.395. The SMILES string of the molecule is CC(=O)ON=C1c2cc([N+](=O)[O-])cc([N+](=O)[O-])c2-c2c1cc([N+](=O)[O-])cc2[N+](=O)[O-]. The minimum absolute atomic E-state index is 0.323. The molecule has 0 amide bonds. The van der Waals surface area contributed by atoms with Crippen LogP contribution in [-0.4, -0.2) is 31.4 Å². The van der Waals surface area contributed by atoms with Gasteiger partial charge in [-0.15, -0.1) is 0 Å². The quantitative estimate of drug-likeness (QED) is 0.336. The Morgan fingerprint density at radius 3 is 1.47 bits per heavy atom. The summed E-state index contributed by atoms with van der Waals surface area (Å²) in [5.41, 5.74) is -5.08. The number of carbonyl (C=O) groups is 1. The Bertz CT molecular complexity index is 1140. The van der Waals surface area contributed by atoms with Crippen molar-refractivity contribution in [2.45, 2.75) is 6.92 Å². The third-order valence-corrected chi connectivity index (χ3v) is 4.05. The van der Waals surface area contributed by atoms with Crippen LogP contribution in [0.3, 0.4) is 0 Å². The first-order chi connectivity index (χ1) is 14.0. The molecule has 2 aromatic rings. The van der Waals surface area contributed by atoms with E-state index in [0.717, 1.165) is 19.1 Å². The summed E-state index contributed by atoms with van der Waals surface area (Å²) in [6.45, 7) is 0.965. The van der Waals surface area contributed by atoms with E-state index in [-0.39, 0.29) is 11.1 Å². The van der Waals surface area contributed by atoms with Crippen LogP contribution in [-0.2, 0) is 9.63 Å². The molecule has 0 radical (unpaired) electrons. The van der Waals surface area contributed by atoms with Gasteiger partial charge in [0.2, 0.25) is 0 Å². The van der Waals surface area contributed by atoms with Gasteiger partial charge in [0.15, 0.2) is 0 Å². The average Bonchev–Trinajstić information content (AvgIpc) is 2.97. The maximum atomic E-state index is 11.6. The number of nitrogens with zero attached hydrogens (tertiary/aromatic N) is 5. The fourth-order valence-corrected chi connectivity index (χ4v) is 2.98. The highest BCUT2D eigenvalue weighted by Crippen LogP contribution is 2.50. The molecule has 0 aliphatic heterocycles. The Hall–Kier alpha value is -4.82. The van der Waals surface area contributed by atoms with E-state index in [1.165, 1.54) is 0 Å². The standard InChI is InChI=1S/C15H7N5O10/c1-6(21)30-16-15-9-2-7(17(22)23)4-11(19(26)27)13(9)14-10(15)3-8(18(24)25)5-12(14)20(28)29/h2-5H,1H3. The van der Waals surface area contributed by atoms with Crippen molar-refractivity contribution in [1.82, 2.24) is 0 Å². The molecule has 0 saturated heterocycles. The maximum absolute atomic E-state index is 11.6. The molecule has 3 rings (SSSR count). The van der Waals surface area contributed by atoms with Crippen LogP contribution in [0.1, 0.15) is 18.1 Å². The van der Waals surface area contributed by atoms with Crippen LogP contribution in [0.2, 0.25) is 0 Å². The lowest BCUT2D eigenvalue weighted by Gasteiger charge is -2.03. The van der Waals surface area contributed by atoms with E-state index in [4.69, 9.17) is 0 Å².